The SMILES string of the molecule is Cc1ccc(NC(=O)CSc2nncn2C)cc1NC(=O)c1ccccc1. The van der Waals surface area contributed by atoms with Crippen LogP contribution in [-0.4, -0.2) is 32.3 Å². The van der Waals surface area contributed by atoms with Crippen LogP contribution in [0.25, 0.3) is 0 Å². The van der Waals surface area contributed by atoms with Crippen LogP contribution in [0.15, 0.2) is 60.0 Å². The van der Waals surface area contributed by atoms with Crippen LogP contribution in [0.1, 0.15) is 15.9 Å². The van der Waals surface area contributed by atoms with E-state index in [2.05, 4.69) is 20.8 Å². The molecule has 0 atom stereocenters. The normalized spacial score (nSPS) is 10.4. The Labute approximate surface area is 161 Å². The molecule has 1 aromatic heterocycles. The number of carbonyl (C=O) groups excluding carboxylic acids is 2. The maximum Gasteiger partial charge on any atom is 0.255 e. The molecule has 138 valence electrons. The summed E-state index contributed by atoms with van der Waals surface area (Å²) in [7, 11) is 1.82. The van der Waals surface area contributed by atoms with Crippen LogP contribution in [0.4, 0.5) is 11.4 Å². The molecule has 7 nitrogen and oxygen atoms in total. The summed E-state index contributed by atoms with van der Waals surface area (Å²) in [4.78, 5) is 24.5. The molecule has 8 heteroatoms. The van der Waals surface area contributed by atoms with Gasteiger partial charge in [0, 0.05) is 24.0 Å². The van der Waals surface area contributed by atoms with Crippen molar-refractivity contribution in [2.24, 2.45) is 7.05 Å². The van der Waals surface area contributed by atoms with Gasteiger partial charge < -0.3 is 15.2 Å². The summed E-state index contributed by atoms with van der Waals surface area (Å²) < 4.78 is 1.75. The van der Waals surface area contributed by atoms with Gasteiger partial charge in [-0.05, 0) is 36.8 Å². The van der Waals surface area contributed by atoms with Crippen molar-refractivity contribution in [3.05, 3.63) is 66.0 Å². The fourth-order valence-corrected chi connectivity index (χ4v) is 3.04. The molecule has 0 fully saturated rings. The fourth-order valence-electron chi connectivity index (χ4n) is 2.35. The minimum Gasteiger partial charge on any atom is -0.325 e. The first-order chi connectivity index (χ1) is 13.0. The lowest BCUT2D eigenvalue weighted by molar-refractivity contribution is -0.113. The van der Waals surface area contributed by atoms with E-state index in [1.807, 2.05) is 38.2 Å². The second-order valence-electron chi connectivity index (χ2n) is 5.91. The number of rotatable bonds is 6. The second-order valence-corrected chi connectivity index (χ2v) is 6.85. The van der Waals surface area contributed by atoms with Crippen LogP contribution in [0.2, 0.25) is 0 Å². The summed E-state index contributed by atoms with van der Waals surface area (Å²) in [6.07, 6.45) is 1.59. The van der Waals surface area contributed by atoms with Gasteiger partial charge >= 0.3 is 0 Å². The molecule has 0 saturated carbocycles. The Bertz CT molecular complexity index is 956. The molecule has 3 rings (SSSR count). The maximum atomic E-state index is 12.3. The van der Waals surface area contributed by atoms with Gasteiger partial charge in [-0.3, -0.25) is 9.59 Å². The minimum atomic E-state index is -0.194. The number of benzene rings is 2. The van der Waals surface area contributed by atoms with E-state index >= 15 is 0 Å². The first-order valence-corrected chi connectivity index (χ1v) is 9.25. The van der Waals surface area contributed by atoms with Crippen LogP contribution in [0.3, 0.4) is 0 Å². The van der Waals surface area contributed by atoms with E-state index in [-0.39, 0.29) is 17.6 Å². The summed E-state index contributed by atoms with van der Waals surface area (Å²) in [5, 5.41) is 14.1. The van der Waals surface area contributed by atoms with Crippen molar-refractivity contribution in [2.75, 3.05) is 16.4 Å². The van der Waals surface area contributed by atoms with Gasteiger partial charge in [0.15, 0.2) is 5.16 Å². The number of thioether (sulfide) groups is 1. The zero-order chi connectivity index (χ0) is 19.2. The average molecular weight is 381 g/mol. The second kappa shape index (κ2) is 8.50. The Hall–Kier alpha value is -3.13. The van der Waals surface area contributed by atoms with Crippen molar-refractivity contribution in [3.8, 4) is 0 Å². The number of aryl methyl sites for hydroxylation is 2. The molecular formula is C19H19N5O2S. The summed E-state index contributed by atoms with van der Waals surface area (Å²) in [6, 6.07) is 14.4. The van der Waals surface area contributed by atoms with Crippen LogP contribution < -0.4 is 10.6 Å². The quantitative estimate of drug-likeness (QED) is 0.641. The van der Waals surface area contributed by atoms with Gasteiger partial charge in [0.2, 0.25) is 5.91 Å². The first-order valence-electron chi connectivity index (χ1n) is 8.26. The van der Waals surface area contributed by atoms with E-state index < -0.39 is 0 Å². The van der Waals surface area contributed by atoms with Gasteiger partial charge in [-0.15, -0.1) is 10.2 Å². The van der Waals surface area contributed by atoms with Crippen LogP contribution >= 0.6 is 11.8 Å². The van der Waals surface area contributed by atoms with Crippen molar-refractivity contribution in [1.29, 1.82) is 0 Å². The van der Waals surface area contributed by atoms with Crippen LogP contribution in [-0.2, 0) is 11.8 Å². The standard InChI is InChI=1S/C19H19N5O2S/c1-13-8-9-15(21-17(25)11-27-19-23-20-12-24(19)2)10-16(13)22-18(26)14-6-4-3-5-7-14/h3-10,12H,11H2,1-2H3,(H,21,25)(H,22,26). The predicted molar refractivity (Wildman–Crippen MR) is 106 cm³/mol. The molecule has 3 aromatic rings. The lowest BCUT2D eigenvalue weighted by Crippen LogP contribution is -2.16. The van der Waals surface area contributed by atoms with Gasteiger partial charge in [-0.2, -0.15) is 0 Å². The molecule has 2 N–H and O–H groups in total. The van der Waals surface area contributed by atoms with E-state index in [1.54, 1.807) is 35.2 Å². The predicted octanol–water partition coefficient (Wildman–Crippen LogP) is 3.11. The van der Waals surface area contributed by atoms with Gasteiger partial charge in [-0.25, -0.2) is 0 Å². The zero-order valence-electron chi connectivity index (χ0n) is 15.0. The molecule has 0 aliphatic heterocycles. The Morgan fingerprint density at radius 3 is 2.59 bits per heavy atom. The summed E-state index contributed by atoms with van der Waals surface area (Å²) in [5.41, 5.74) is 2.76. The molecule has 1 heterocycles. The molecule has 0 aliphatic rings. The van der Waals surface area contributed by atoms with Crippen molar-refractivity contribution < 1.29 is 9.59 Å². The first kappa shape index (κ1) is 18.7. The van der Waals surface area contributed by atoms with Crippen LogP contribution in [0.5, 0.6) is 0 Å². The molecule has 0 radical (unpaired) electrons. The van der Waals surface area contributed by atoms with E-state index in [1.165, 1.54) is 11.8 Å². The molecule has 2 amide bonds. The number of hydrogen-bond acceptors (Lipinski definition) is 5. The number of aromatic nitrogens is 3. The Morgan fingerprint density at radius 1 is 1.11 bits per heavy atom. The van der Waals surface area contributed by atoms with Crippen molar-refractivity contribution in [1.82, 2.24) is 14.8 Å². The van der Waals surface area contributed by atoms with Gasteiger partial charge in [0.1, 0.15) is 6.33 Å². The van der Waals surface area contributed by atoms with Gasteiger partial charge in [0.05, 0.1) is 5.75 Å². The van der Waals surface area contributed by atoms with E-state index in [4.69, 9.17) is 0 Å². The highest BCUT2D eigenvalue weighted by Crippen LogP contribution is 2.22. The molecule has 0 unspecified atom stereocenters. The number of nitrogens with zero attached hydrogens (tertiary/aromatic N) is 3. The van der Waals surface area contributed by atoms with E-state index in [0.717, 1.165) is 5.56 Å². The Balaban J connectivity index is 1.63. The van der Waals surface area contributed by atoms with E-state index in [0.29, 0.717) is 22.1 Å². The van der Waals surface area contributed by atoms with Crippen molar-refractivity contribution in [3.63, 3.8) is 0 Å². The third kappa shape index (κ3) is 4.95. The Morgan fingerprint density at radius 2 is 1.89 bits per heavy atom. The Kier molecular flexibility index (Phi) is 5.87. The number of amides is 2. The molecular weight excluding hydrogens is 362 g/mol. The molecule has 0 spiro atoms. The minimum absolute atomic E-state index is 0.160. The lowest BCUT2D eigenvalue weighted by Gasteiger charge is -2.11. The van der Waals surface area contributed by atoms with Gasteiger partial charge in [0.25, 0.3) is 5.91 Å². The van der Waals surface area contributed by atoms with Crippen molar-refractivity contribution >= 4 is 35.0 Å². The molecule has 27 heavy (non-hydrogen) atoms. The van der Waals surface area contributed by atoms with E-state index in [9.17, 15) is 9.59 Å². The lowest BCUT2D eigenvalue weighted by atomic mass is 10.1. The highest BCUT2D eigenvalue weighted by atomic mass is 32.2. The monoisotopic (exact) mass is 381 g/mol. The maximum absolute atomic E-state index is 12.3. The molecule has 0 bridgehead atoms. The average Bonchev–Trinajstić information content (AvgIpc) is 3.08. The highest BCUT2D eigenvalue weighted by molar-refractivity contribution is 7.99. The molecule has 0 aliphatic carbocycles. The number of hydrogen-bond donors (Lipinski definition) is 2. The number of nitrogens with one attached hydrogen (secondary N) is 2. The zero-order valence-corrected chi connectivity index (χ0v) is 15.8. The third-order valence-electron chi connectivity index (χ3n) is 3.81. The number of anilines is 2. The highest BCUT2D eigenvalue weighted by Gasteiger charge is 2.10. The van der Waals surface area contributed by atoms with Crippen LogP contribution in [0, 0.1) is 6.92 Å². The topological polar surface area (TPSA) is 88.9 Å². The summed E-state index contributed by atoms with van der Waals surface area (Å²) in [6.45, 7) is 1.90. The largest absolute Gasteiger partial charge is 0.325 e. The van der Waals surface area contributed by atoms with Crippen molar-refractivity contribution in [2.45, 2.75) is 12.1 Å². The van der Waals surface area contributed by atoms with Gasteiger partial charge in [-0.1, -0.05) is 36.0 Å². The fraction of sp³-hybridized carbons (Fsp3) is 0.158. The summed E-state index contributed by atoms with van der Waals surface area (Å²) in [5.74, 6) is -0.140. The molecule has 0 saturated heterocycles. The molecule has 2 aromatic carbocycles. The smallest absolute Gasteiger partial charge is 0.255 e. The number of carbonyl (C=O) groups is 2. The summed E-state index contributed by atoms with van der Waals surface area (Å²) >= 11 is 1.30. The third-order valence-corrected chi connectivity index (χ3v) is 4.84.